The molecule has 0 radical (unpaired) electrons. The molecule has 0 aromatic heterocycles. The lowest BCUT2D eigenvalue weighted by Gasteiger charge is -2.38. The number of rotatable bonds is 1. The number of benzene rings is 1. The molecule has 1 aromatic rings. The minimum absolute atomic E-state index is 0.0430. The number of nitrogens with zero attached hydrogens (tertiary/aromatic N) is 3. The van der Waals surface area contributed by atoms with Crippen molar-refractivity contribution in [3.8, 4) is 11.8 Å². The number of fused-ring (bicyclic) bond motifs is 3. The molecule has 2 aliphatic rings. The fourth-order valence-corrected chi connectivity index (χ4v) is 4.34. The van der Waals surface area contributed by atoms with E-state index < -0.39 is 5.92 Å². The first-order chi connectivity index (χ1) is 14.8. The Balaban J connectivity index is 1.92. The van der Waals surface area contributed by atoms with Crippen molar-refractivity contribution in [1.29, 1.82) is 5.26 Å². The number of nitriles is 1. The monoisotopic (exact) mass is 429 g/mol. The molecular weight excluding hydrogens is 398 g/mol. The van der Waals surface area contributed by atoms with E-state index in [2.05, 4.69) is 6.07 Å². The van der Waals surface area contributed by atoms with E-state index in [4.69, 9.17) is 14.2 Å². The highest BCUT2D eigenvalue weighted by Crippen LogP contribution is 2.28. The number of hydrogen-bond acceptors (Lipinski definition) is 6. The molecule has 1 saturated heterocycles. The summed E-state index contributed by atoms with van der Waals surface area (Å²) in [7, 11) is 5.08. The normalized spacial score (nSPS) is 28.1. The Hall–Kier alpha value is -2.63. The van der Waals surface area contributed by atoms with Crippen molar-refractivity contribution in [3.05, 3.63) is 29.3 Å². The molecule has 2 heterocycles. The molecule has 2 bridgehead atoms. The summed E-state index contributed by atoms with van der Waals surface area (Å²) in [6, 6.07) is 7.07. The van der Waals surface area contributed by atoms with Crippen molar-refractivity contribution in [1.82, 2.24) is 9.80 Å². The fraction of sp³-hybridized carbons (Fsp3) is 0.609. The van der Waals surface area contributed by atoms with Crippen LogP contribution in [-0.4, -0.2) is 80.8 Å². The van der Waals surface area contributed by atoms with Gasteiger partial charge in [-0.05, 0) is 25.0 Å². The summed E-state index contributed by atoms with van der Waals surface area (Å²) in [5.41, 5.74) is 0.639. The highest BCUT2D eigenvalue weighted by atomic mass is 16.5. The van der Waals surface area contributed by atoms with Crippen LogP contribution >= 0.6 is 0 Å². The van der Waals surface area contributed by atoms with Gasteiger partial charge in [0.2, 0.25) is 5.91 Å². The summed E-state index contributed by atoms with van der Waals surface area (Å²) in [6.07, 6.45) is 1.93. The molecule has 3 rings (SSSR count). The fourth-order valence-electron chi connectivity index (χ4n) is 4.34. The van der Waals surface area contributed by atoms with Crippen molar-refractivity contribution >= 4 is 11.8 Å². The van der Waals surface area contributed by atoms with Crippen LogP contribution in [-0.2, 0) is 14.3 Å². The van der Waals surface area contributed by atoms with Gasteiger partial charge in [-0.25, -0.2) is 0 Å². The van der Waals surface area contributed by atoms with E-state index in [1.54, 1.807) is 44.3 Å². The Labute approximate surface area is 183 Å². The second-order valence-corrected chi connectivity index (χ2v) is 8.38. The van der Waals surface area contributed by atoms with Crippen LogP contribution < -0.4 is 4.74 Å². The van der Waals surface area contributed by atoms with Gasteiger partial charge in [-0.15, -0.1) is 0 Å². The molecule has 4 atom stereocenters. The molecule has 168 valence electrons. The first kappa shape index (κ1) is 23.0. The third-order valence-electron chi connectivity index (χ3n) is 6.06. The molecule has 2 aliphatic heterocycles. The van der Waals surface area contributed by atoms with Gasteiger partial charge in [-0.2, -0.15) is 5.26 Å². The topological polar surface area (TPSA) is 92.1 Å². The number of hydrogen-bond donors (Lipinski definition) is 0. The number of ether oxygens (including phenoxy) is 3. The molecule has 8 heteroatoms. The molecule has 0 N–H and O–H groups in total. The number of methoxy groups -OCH3 is 1. The molecule has 2 amide bonds. The highest BCUT2D eigenvalue weighted by Gasteiger charge is 2.34. The van der Waals surface area contributed by atoms with Crippen LogP contribution in [0.5, 0.6) is 5.75 Å². The zero-order chi connectivity index (χ0) is 22.5. The third kappa shape index (κ3) is 5.17. The largest absolute Gasteiger partial charge is 0.491 e. The van der Waals surface area contributed by atoms with E-state index in [-0.39, 0.29) is 42.4 Å². The summed E-state index contributed by atoms with van der Waals surface area (Å²) >= 11 is 0. The maximum atomic E-state index is 13.1. The number of carbonyl (C=O) groups is 2. The summed E-state index contributed by atoms with van der Waals surface area (Å²) in [5, 5.41) is 9.51. The summed E-state index contributed by atoms with van der Waals surface area (Å²) in [5.74, 6) is -0.445. The lowest BCUT2D eigenvalue weighted by Crippen LogP contribution is -2.49. The quantitative estimate of drug-likeness (QED) is 0.679. The van der Waals surface area contributed by atoms with Crippen LogP contribution in [0.2, 0.25) is 0 Å². The van der Waals surface area contributed by atoms with Crippen molar-refractivity contribution in [2.75, 3.05) is 40.9 Å². The summed E-state index contributed by atoms with van der Waals surface area (Å²) in [4.78, 5) is 29.2. The second-order valence-electron chi connectivity index (χ2n) is 8.38. The van der Waals surface area contributed by atoms with Gasteiger partial charge in [0, 0.05) is 40.7 Å². The Morgan fingerprint density at radius 2 is 1.90 bits per heavy atom. The van der Waals surface area contributed by atoms with Crippen LogP contribution in [0.3, 0.4) is 0 Å². The van der Waals surface area contributed by atoms with E-state index in [1.165, 1.54) is 4.90 Å². The zero-order valence-corrected chi connectivity index (χ0v) is 18.7. The molecule has 0 aliphatic carbocycles. The highest BCUT2D eigenvalue weighted by molar-refractivity contribution is 5.97. The molecule has 1 fully saturated rings. The lowest BCUT2D eigenvalue weighted by molar-refractivity contribution is -0.152. The van der Waals surface area contributed by atoms with Crippen LogP contribution in [0, 0.1) is 17.2 Å². The van der Waals surface area contributed by atoms with Gasteiger partial charge in [-0.1, -0.05) is 13.0 Å². The molecule has 0 saturated carbocycles. The Kier molecular flexibility index (Phi) is 7.52. The van der Waals surface area contributed by atoms with Gasteiger partial charge in [0.15, 0.2) is 0 Å². The number of carbonyl (C=O) groups excluding carboxylic acids is 2. The van der Waals surface area contributed by atoms with Crippen LogP contribution in [0.1, 0.15) is 42.1 Å². The second kappa shape index (κ2) is 10.1. The average Bonchev–Trinajstić information content (AvgIpc) is 2.77. The first-order valence-electron chi connectivity index (χ1n) is 10.7. The third-order valence-corrected chi connectivity index (χ3v) is 6.06. The Morgan fingerprint density at radius 1 is 1.13 bits per heavy atom. The van der Waals surface area contributed by atoms with Gasteiger partial charge in [0.25, 0.3) is 5.91 Å². The molecule has 1 aromatic carbocycles. The van der Waals surface area contributed by atoms with Crippen molar-refractivity contribution in [2.24, 2.45) is 5.92 Å². The van der Waals surface area contributed by atoms with E-state index in [0.717, 1.165) is 12.8 Å². The molecule has 0 unspecified atom stereocenters. The standard InChI is InChI=1S/C23H31N3O5/c1-15-13-25(2)23(28)18-7-5-6-16(12-24)21(18)30-11-10-17-8-9-19(29-4)20(31-17)14-26(3)22(15)27/h5-7,15,17,19-20H,8-11,13-14H2,1-4H3/t15-,17+,19-,20-/m0/s1. The minimum Gasteiger partial charge on any atom is -0.491 e. The molecule has 0 spiro atoms. The molecular formula is C23H31N3O5. The smallest absolute Gasteiger partial charge is 0.257 e. The van der Waals surface area contributed by atoms with Gasteiger partial charge in [0.1, 0.15) is 17.9 Å². The number of likely N-dealkylation sites (N-methyl/N-ethyl adjacent to an activating group) is 1. The predicted octanol–water partition coefficient (Wildman–Crippen LogP) is 2.07. The number of amides is 2. The maximum Gasteiger partial charge on any atom is 0.257 e. The van der Waals surface area contributed by atoms with Crippen LogP contribution in [0.4, 0.5) is 0 Å². The van der Waals surface area contributed by atoms with E-state index >= 15 is 0 Å². The van der Waals surface area contributed by atoms with E-state index in [9.17, 15) is 14.9 Å². The minimum atomic E-state index is -0.395. The van der Waals surface area contributed by atoms with Crippen LogP contribution in [0.15, 0.2) is 18.2 Å². The zero-order valence-electron chi connectivity index (χ0n) is 18.7. The van der Waals surface area contributed by atoms with Gasteiger partial charge in [-0.3, -0.25) is 9.59 Å². The SMILES string of the molecule is CO[C@H]1CC[C@@H]2CCOc3c(C#N)cccc3C(=O)N(C)C[C@H](C)C(=O)N(C)C[C@@H]1O2. The van der Waals surface area contributed by atoms with Gasteiger partial charge in [0.05, 0.1) is 35.9 Å². The Bertz CT molecular complexity index is 852. The summed E-state index contributed by atoms with van der Waals surface area (Å²) in [6.45, 7) is 2.81. The van der Waals surface area contributed by atoms with Crippen molar-refractivity contribution in [2.45, 2.75) is 44.5 Å². The van der Waals surface area contributed by atoms with Gasteiger partial charge >= 0.3 is 0 Å². The number of para-hydroxylation sites is 1. The van der Waals surface area contributed by atoms with Crippen LogP contribution in [0.25, 0.3) is 0 Å². The van der Waals surface area contributed by atoms with E-state index in [0.29, 0.717) is 30.7 Å². The maximum absolute atomic E-state index is 13.1. The average molecular weight is 430 g/mol. The lowest BCUT2D eigenvalue weighted by atomic mass is 9.98. The molecule has 8 nitrogen and oxygen atoms in total. The van der Waals surface area contributed by atoms with E-state index in [1.807, 2.05) is 6.92 Å². The first-order valence-corrected chi connectivity index (χ1v) is 10.7. The van der Waals surface area contributed by atoms with Crippen molar-refractivity contribution in [3.63, 3.8) is 0 Å². The predicted molar refractivity (Wildman–Crippen MR) is 114 cm³/mol. The Morgan fingerprint density at radius 3 is 2.61 bits per heavy atom. The van der Waals surface area contributed by atoms with Gasteiger partial charge < -0.3 is 24.0 Å². The summed E-state index contributed by atoms with van der Waals surface area (Å²) < 4.78 is 17.8. The molecule has 31 heavy (non-hydrogen) atoms. The van der Waals surface area contributed by atoms with Crippen molar-refractivity contribution < 1.29 is 23.8 Å².